The average Bonchev–Trinajstić information content (AvgIpc) is 1.84. The van der Waals surface area contributed by atoms with Crippen molar-refractivity contribution in [2.75, 3.05) is 18.6 Å². The molecule has 0 aliphatic carbocycles. The van der Waals surface area contributed by atoms with Crippen LogP contribution in [0.1, 0.15) is 13.3 Å². The molecule has 0 heterocycles. The molecular weight excluding hydrogens is 134 g/mol. The second-order valence-corrected chi connectivity index (χ2v) is 5.16. The van der Waals surface area contributed by atoms with Gasteiger partial charge in [0.1, 0.15) is 0 Å². The normalized spacial score (nSPS) is 16.8. The zero-order valence-electron chi connectivity index (χ0n) is 6.09. The van der Waals surface area contributed by atoms with Crippen molar-refractivity contribution >= 4 is 14.9 Å². The monoisotopic (exact) mass is 149 g/mol. The van der Waals surface area contributed by atoms with Gasteiger partial charge < -0.3 is 5.73 Å². The maximum absolute atomic E-state index is 11.2. The zero-order chi connectivity index (χ0) is 7.33. The summed E-state index contributed by atoms with van der Waals surface area (Å²) < 4.78 is 11.2. The van der Waals surface area contributed by atoms with E-state index >= 15 is 0 Å². The molecule has 0 aromatic rings. The lowest BCUT2D eigenvalue weighted by Gasteiger charge is -1.97. The smallest absolute Gasteiger partial charge is 0.0130 e. The second kappa shape index (κ2) is 3.90. The van der Waals surface area contributed by atoms with Crippen LogP contribution in [0, 0.1) is 0 Å². The molecule has 3 heteroatoms. The van der Waals surface area contributed by atoms with Gasteiger partial charge in [-0.1, -0.05) is 6.92 Å². The van der Waals surface area contributed by atoms with Crippen LogP contribution in [0.5, 0.6) is 0 Å². The topological polar surface area (TPSA) is 43.1 Å². The summed E-state index contributed by atoms with van der Waals surface area (Å²) in [5.74, 6) is 0.729. The molecule has 9 heavy (non-hydrogen) atoms. The SMILES string of the molecule is CCS(C)(=O)=CCCN. The van der Waals surface area contributed by atoms with E-state index in [4.69, 9.17) is 5.73 Å². The van der Waals surface area contributed by atoms with E-state index in [1.54, 1.807) is 6.26 Å². The van der Waals surface area contributed by atoms with Crippen molar-refractivity contribution in [1.29, 1.82) is 0 Å². The summed E-state index contributed by atoms with van der Waals surface area (Å²) in [5.41, 5.74) is 5.23. The maximum atomic E-state index is 11.2. The highest BCUT2D eigenvalue weighted by atomic mass is 32.2. The van der Waals surface area contributed by atoms with Gasteiger partial charge >= 0.3 is 0 Å². The lowest BCUT2D eigenvalue weighted by Crippen LogP contribution is -2.07. The highest BCUT2D eigenvalue weighted by molar-refractivity contribution is 8.00. The summed E-state index contributed by atoms with van der Waals surface area (Å²) in [6.07, 6.45) is 2.53. The third kappa shape index (κ3) is 4.48. The fourth-order valence-corrected chi connectivity index (χ4v) is 1.31. The zero-order valence-corrected chi connectivity index (χ0v) is 6.91. The van der Waals surface area contributed by atoms with Crippen molar-refractivity contribution in [3.63, 3.8) is 0 Å². The van der Waals surface area contributed by atoms with E-state index in [9.17, 15) is 4.21 Å². The Balaban J connectivity index is 3.95. The van der Waals surface area contributed by atoms with E-state index in [0.717, 1.165) is 12.2 Å². The Kier molecular flexibility index (Phi) is 3.89. The van der Waals surface area contributed by atoms with E-state index < -0.39 is 9.52 Å². The van der Waals surface area contributed by atoms with Crippen LogP contribution in [-0.4, -0.2) is 28.1 Å². The Labute approximate surface area is 57.4 Å². The van der Waals surface area contributed by atoms with Crippen molar-refractivity contribution < 1.29 is 4.21 Å². The molecule has 0 saturated heterocycles. The molecule has 1 unspecified atom stereocenters. The van der Waals surface area contributed by atoms with Crippen LogP contribution in [0.15, 0.2) is 0 Å². The van der Waals surface area contributed by atoms with Gasteiger partial charge in [0, 0.05) is 12.0 Å². The van der Waals surface area contributed by atoms with Crippen LogP contribution in [0.2, 0.25) is 0 Å². The first-order valence-corrected chi connectivity index (χ1v) is 5.32. The molecule has 0 aromatic carbocycles. The molecule has 0 rings (SSSR count). The molecule has 2 N–H and O–H groups in total. The predicted molar refractivity (Wildman–Crippen MR) is 44.3 cm³/mol. The standard InChI is InChI=1S/C6H15NOS/c1-3-9(2,8)6-4-5-7/h6H,3-5,7H2,1-2H3. The number of nitrogens with two attached hydrogens (primary N) is 1. The lowest BCUT2D eigenvalue weighted by atomic mass is 10.5. The second-order valence-electron chi connectivity index (χ2n) is 2.10. The fraction of sp³-hybridized carbons (Fsp3) is 0.833. The first-order chi connectivity index (χ1) is 4.12. The Morgan fingerprint density at radius 3 is 2.56 bits per heavy atom. The Bertz CT molecular complexity index is 168. The lowest BCUT2D eigenvalue weighted by molar-refractivity contribution is 0.685. The van der Waals surface area contributed by atoms with Crippen LogP contribution in [0.3, 0.4) is 0 Å². The first kappa shape index (κ1) is 8.98. The van der Waals surface area contributed by atoms with Gasteiger partial charge in [0.05, 0.1) is 0 Å². The predicted octanol–water partition coefficient (Wildman–Crippen LogP) is 0.0715. The molecular formula is C6H15NOS. The van der Waals surface area contributed by atoms with Crippen LogP contribution >= 0.6 is 0 Å². The Morgan fingerprint density at radius 2 is 2.22 bits per heavy atom. The van der Waals surface area contributed by atoms with Crippen molar-refractivity contribution in [3.8, 4) is 0 Å². The summed E-state index contributed by atoms with van der Waals surface area (Å²) in [4.78, 5) is 0. The van der Waals surface area contributed by atoms with Crippen molar-refractivity contribution in [1.82, 2.24) is 0 Å². The Hall–Kier alpha value is -0.0200. The van der Waals surface area contributed by atoms with Crippen LogP contribution < -0.4 is 5.73 Å². The molecule has 0 fully saturated rings. The van der Waals surface area contributed by atoms with Gasteiger partial charge in [0.15, 0.2) is 0 Å². The van der Waals surface area contributed by atoms with Crippen molar-refractivity contribution in [3.05, 3.63) is 0 Å². The molecule has 0 bridgehead atoms. The number of rotatable bonds is 3. The van der Waals surface area contributed by atoms with E-state index in [-0.39, 0.29) is 0 Å². The number of hydrogen-bond donors (Lipinski definition) is 1. The van der Waals surface area contributed by atoms with Gasteiger partial charge in [-0.05, 0) is 27.9 Å². The van der Waals surface area contributed by atoms with Gasteiger partial charge in [0.25, 0.3) is 0 Å². The molecule has 0 radical (unpaired) electrons. The van der Waals surface area contributed by atoms with Crippen molar-refractivity contribution in [2.45, 2.75) is 13.3 Å². The molecule has 0 aliphatic rings. The molecule has 0 aliphatic heterocycles. The van der Waals surface area contributed by atoms with Gasteiger partial charge in [-0.25, -0.2) is 0 Å². The highest BCUT2D eigenvalue weighted by Gasteiger charge is 1.90. The van der Waals surface area contributed by atoms with Crippen LogP contribution in [-0.2, 0) is 9.52 Å². The van der Waals surface area contributed by atoms with Gasteiger partial charge in [-0.15, -0.1) is 0 Å². The summed E-state index contributed by atoms with van der Waals surface area (Å²) in [5, 5.41) is 1.83. The molecule has 56 valence electrons. The largest absolute Gasteiger partial charge is 0.330 e. The molecule has 0 spiro atoms. The molecule has 0 saturated carbocycles. The third-order valence-corrected chi connectivity index (χ3v) is 3.30. The van der Waals surface area contributed by atoms with Gasteiger partial charge in [-0.3, -0.25) is 4.21 Å². The third-order valence-electron chi connectivity index (χ3n) is 1.21. The van der Waals surface area contributed by atoms with E-state index in [1.807, 2.05) is 12.3 Å². The minimum Gasteiger partial charge on any atom is -0.330 e. The number of hydrogen-bond acceptors (Lipinski definition) is 2. The van der Waals surface area contributed by atoms with E-state index in [2.05, 4.69) is 0 Å². The summed E-state index contributed by atoms with van der Waals surface area (Å²) in [6, 6.07) is 0. The quantitative estimate of drug-likeness (QED) is 0.577. The highest BCUT2D eigenvalue weighted by Crippen LogP contribution is 1.84. The maximum Gasteiger partial charge on any atom is 0.0130 e. The first-order valence-electron chi connectivity index (χ1n) is 3.12. The van der Waals surface area contributed by atoms with E-state index in [0.29, 0.717) is 6.54 Å². The minimum absolute atomic E-state index is 0.602. The fourth-order valence-electron chi connectivity index (χ4n) is 0.435. The molecule has 0 amide bonds. The summed E-state index contributed by atoms with van der Waals surface area (Å²) in [6.45, 7) is 2.53. The molecule has 0 aromatic heterocycles. The average molecular weight is 149 g/mol. The van der Waals surface area contributed by atoms with Gasteiger partial charge in [-0.2, -0.15) is 0 Å². The minimum atomic E-state index is -1.64. The van der Waals surface area contributed by atoms with Crippen LogP contribution in [0.4, 0.5) is 0 Å². The summed E-state index contributed by atoms with van der Waals surface area (Å²) in [7, 11) is -1.64. The molecule has 2 nitrogen and oxygen atoms in total. The van der Waals surface area contributed by atoms with Crippen molar-refractivity contribution in [2.24, 2.45) is 5.73 Å². The Morgan fingerprint density at radius 1 is 1.67 bits per heavy atom. The van der Waals surface area contributed by atoms with Crippen LogP contribution in [0.25, 0.3) is 0 Å². The summed E-state index contributed by atoms with van der Waals surface area (Å²) >= 11 is 0. The van der Waals surface area contributed by atoms with Gasteiger partial charge in [0.2, 0.25) is 0 Å². The van der Waals surface area contributed by atoms with E-state index in [1.165, 1.54) is 0 Å². The molecule has 1 atom stereocenters.